The van der Waals surface area contributed by atoms with E-state index in [4.69, 9.17) is 4.74 Å². The zero-order valence-electron chi connectivity index (χ0n) is 16.1. The maximum Gasteiger partial charge on any atom is 0.414 e. The smallest absolute Gasteiger partial charge is 0.414 e. The highest BCUT2D eigenvalue weighted by molar-refractivity contribution is 6.00. The minimum atomic E-state index is -0.948. The Morgan fingerprint density at radius 2 is 2.07 bits per heavy atom. The number of Topliss-reactive ketones (excluding diaryl/α,β-unsaturated/α-hetero) is 1. The monoisotopic (exact) mass is 407 g/mol. The van der Waals surface area contributed by atoms with Gasteiger partial charge < -0.3 is 19.7 Å². The number of rotatable bonds is 5. The predicted octanol–water partition coefficient (Wildman–Crippen LogP) is 0.855. The molecule has 0 bridgehead atoms. The average molecular weight is 407 g/mol. The Bertz CT molecular complexity index is 837. The molecule has 10 heteroatoms. The van der Waals surface area contributed by atoms with Crippen molar-refractivity contribution in [1.82, 2.24) is 5.32 Å². The molecule has 1 N–H and O–H groups in total. The van der Waals surface area contributed by atoms with E-state index in [9.17, 15) is 23.6 Å². The summed E-state index contributed by atoms with van der Waals surface area (Å²) in [5, 5.41) is 2.58. The van der Waals surface area contributed by atoms with Gasteiger partial charge in [0.15, 0.2) is 5.78 Å². The number of cyclic esters (lactones) is 1. The van der Waals surface area contributed by atoms with Crippen molar-refractivity contribution in [2.45, 2.75) is 19.4 Å². The van der Waals surface area contributed by atoms with Gasteiger partial charge in [-0.15, -0.1) is 0 Å². The fourth-order valence-corrected chi connectivity index (χ4v) is 3.42. The molecule has 2 heterocycles. The van der Waals surface area contributed by atoms with Crippen molar-refractivity contribution < 1.29 is 33.0 Å². The number of ether oxygens (including phenoxy) is 2. The Hall–Kier alpha value is -3.17. The van der Waals surface area contributed by atoms with Gasteiger partial charge in [0.2, 0.25) is 5.91 Å². The number of hydrogen-bond donors (Lipinski definition) is 1. The van der Waals surface area contributed by atoms with Gasteiger partial charge in [0.05, 0.1) is 31.6 Å². The molecule has 0 aromatic heterocycles. The molecule has 2 aliphatic rings. The van der Waals surface area contributed by atoms with Crippen LogP contribution in [0.5, 0.6) is 0 Å². The Balaban J connectivity index is 1.72. The van der Waals surface area contributed by atoms with E-state index < -0.39 is 29.9 Å². The fraction of sp³-hybridized carbons (Fsp3) is 0.474. The highest BCUT2D eigenvalue weighted by atomic mass is 19.1. The summed E-state index contributed by atoms with van der Waals surface area (Å²) in [6.45, 7) is 2.04. The summed E-state index contributed by atoms with van der Waals surface area (Å²) in [5.74, 6) is -2.63. The zero-order valence-corrected chi connectivity index (χ0v) is 16.1. The third-order valence-corrected chi connectivity index (χ3v) is 4.94. The fourth-order valence-electron chi connectivity index (χ4n) is 3.42. The zero-order chi connectivity index (χ0) is 21.1. The third kappa shape index (κ3) is 4.47. The van der Waals surface area contributed by atoms with Crippen molar-refractivity contribution in [3.8, 4) is 0 Å². The summed E-state index contributed by atoms with van der Waals surface area (Å²) in [4.78, 5) is 49.7. The molecule has 1 aromatic carbocycles. The highest BCUT2D eigenvalue weighted by Crippen LogP contribution is 2.30. The number of piperidine rings is 1. The summed E-state index contributed by atoms with van der Waals surface area (Å²) >= 11 is 0. The topological polar surface area (TPSA) is 105 Å². The summed E-state index contributed by atoms with van der Waals surface area (Å²) in [5.41, 5.74) is 0.552. The summed E-state index contributed by atoms with van der Waals surface area (Å²) in [7, 11) is 1.21. The molecule has 0 radical (unpaired) electrons. The number of halogens is 1. The number of esters is 1. The molecule has 2 fully saturated rings. The molecule has 156 valence electrons. The second kappa shape index (κ2) is 8.46. The molecule has 0 spiro atoms. The largest absolute Gasteiger partial charge is 0.468 e. The minimum Gasteiger partial charge on any atom is -0.468 e. The van der Waals surface area contributed by atoms with E-state index >= 15 is 0 Å². The van der Waals surface area contributed by atoms with Gasteiger partial charge >= 0.3 is 12.1 Å². The lowest BCUT2D eigenvalue weighted by Gasteiger charge is -2.32. The Kier molecular flexibility index (Phi) is 6.00. The molecule has 3 rings (SSSR count). The Morgan fingerprint density at radius 1 is 1.31 bits per heavy atom. The van der Waals surface area contributed by atoms with Gasteiger partial charge in [-0.1, -0.05) is 0 Å². The van der Waals surface area contributed by atoms with E-state index in [1.54, 1.807) is 11.0 Å². The second-order valence-corrected chi connectivity index (χ2v) is 6.93. The van der Waals surface area contributed by atoms with Crippen molar-refractivity contribution in [3.05, 3.63) is 24.0 Å². The quantitative estimate of drug-likeness (QED) is 0.570. The molecule has 2 atom stereocenters. The average Bonchev–Trinajstić information content (AvgIpc) is 3.07. The lowest BCUT2D eigenvalue weighted by Crippen LogP contribution is -2.45. The maximum atomic E-state index is 14.8. The van der Waals surface area contributed by atoms with Gasteiger partial charge in [-0.2, -0.15) is 0 Å². The van der Waals surface area contributed by atoms with E-state index in [0.717, 1.165) is 0 Å². The standard InChI is InChI=1S/C19H22FN3O6/c1-11(24)21-8-13-9-23(19(27)29-13)12-3-4-16(15(20)7-12)22-6-5-17(25)14(10-22)18(26)28-2/h3-4,7,13-14H,5-6,8-10H2,1-2H3,(H,21,24). The predicted molar refractivity (Wildman–Crippen MR) is 100 cm³/mol. The minimum absolute atomic E-state index is 0.0340. The molecule has 2 saturated heterocycles. The van der Waals surface area contributed by atoms with Crippen LogP contribution in [0.3, 0.4) is 0 Å². The van der Waals surface area contributed by atoms with Gasteiger partial charge in [-0.3, -0.25) is 19.3 Å². The lowest BCUT2D eigenvalue weighted by atomic mass is 9.96. The van der Waals surface area contributed by atoms with Crippen molar-refractivity contribution in [3.63, 3.8) is 0 Å². The number of anilines is 2. The molecule has 2 unspecified atom stereocenters. The van der Waals surface area contributed by atoms with Crippen molar-refractivity contribution >= 4 is 35.1 Å². The molecular weight excluding hydrogens is 385 g/mol. The summed E-state index contributed by atoms with van der Waals surface area (Å²) in [6, 6.07) is 4.29. The van der Waals surface area contributed by atoms with Crippen LogP contribution in [-0.2, 0) is 23.9 Å². The molecule has 0 aliphatic carbocycles. The van der Waals surface area contributed by atoms with Gasteiger partial charge in [0, 0.05) is 26.4 Å². The third-order valence-electron chi connectivity index (χ3n) is 4.94. The molecule has 0 saturated carbocycles. The van der Waals surface area contributed by atoms with Crippen LogP contribution in [0, 0.1) is 11.7 Å². The van der Waals surface area contributed by atoms with Crippen LogP contribution in [0.25, 0.3) is 0 Å². The van der Waals surface area contributed by atoms with Crippen molar-refractivity contribution in [2.75, 3.05) is 43.1 Å². The number of ketones is 1. The second-order valence-electron chi connectivity index (χ2n) is 6.93. The van der Waals surface area contributed by atoms with Crippen molar-refractivity contribution in [1.29, 1.82) is 0 Å². The number of nitrogens with one attached hydrogen (secondary N) is 1. The van der Waals surface area contributed by atoms with Crippen LogP contribution in [0.4, 0.5) is 20.6 Å². The van der Waals surface area contributed by atoms with Crippen LogP contribution in [-0.4, -0.2) is 63.1 Å². The van der Waals surface area contributed by atoms with Crippen LogP contribution in [0.1, 0.15) is 13.3 Å². The molecule has 9 nitrogen and oxygen atoms in total. The SMILES string of the molecule is COC(=O)C1CN(c2ccc(N3CC(CNC(C)=O)OC3=O)cc2F)CCC1=O. The lowest BCUT2D eigenvalue weighted by molar-refractivity contribution is -0.149. The Labute approximate surface area is 166 Å². The van der Waals surface area contributed by atoms with Gasteiger partial charge in [0.1, 0.15) is 17.8 Å². The molecule has 2 amide bonds. The number of nitrogens with zero attached hydrogens (tertiary/aromatic N) is 2. The number of carbonyl (C=O) groups excluding carboxylic acids is 4. The van der Waals surface area contributed by atoms with Crippen LogP contribution in [0.2, 0.25) is 0 Å². The van der Waals surface area contributed by atoms with Gasteiger partial charge in [0.25, 0.3) is 0 Å². The number of methoxy groups -OCH3 is 1. The van der Waals surface area contributed by atoms with E-state index in [0.29, 0.717) is 5.69 Å². The van der Waals surface area contributed by atoms with E-state index in [1.807, 2.05) is 0 Å². The van der Waals surface area contributed by atoms with E-state index in [-0.39, 0.29) is 50.0 Å². The number of hydrogen-bond acceptors (Lipinski definition) is 7. The first-order chi connectivity index (χ1) is 13.8. The van der Waals surface area contributed by atoms with E-state index in [2.05, 4.69) is 10.1 Å². The summed E-state index contributed by atoms with van der Waals surface area (Å²) < 4.78 is 24.6. The molecule has 2 aliphatic heterocycles. The van der Waals surface area contributed by atoms with Crippen LogP contribution < -0.4 is 15.1 Å². The van der Waals surface area contributed by atoms with E-state index in [1.165, 1.54) is 31.1 Å². The highest BCUT2D eigenvalue weighted by Gasteiger charge is 2.36. The maximum absolute atomic E-state index is 14.8. The van der Waals surface area contributed by atoms with Gasteiger partial charge in [-0.05, 0) is 18.2 Å². The number of amides is 2. The van der Waals surface area contributed by atoms with Crippen LogP contribution in [0.15, 0.2) is 18.2 Å². The number of carbonyl (C=O) groups is 4. The molecule has 29 heavy (non-hydrogen) atoms. The first-order valence-electron chi connectivity index (χ1n) is 9.17. The molecule has 1 aromatic rings. The van der Waals surface area contributed by atoms with Gasteiger partial charge in [-0.25, -0.2) is 9.18 Å². The molecular formula is C19H22FN3O6. The van der Waals surface area contributed by atoms with Crippen molar-refractivity contribution in [2.24, 2.45) is 5.92 Å². The summed E-state index contributed by atoms with van der Waals surface area (Å²) in [6.07, 6.45) is -1.03. The Morgan fingerprint density at radius 3 is 2.72 bits per heavy atom. The first-order valence-corrected chi connectivity index (χ1v) is 9.17. The first kappa shape index (κ1) is 20.6. The van der Waals surface area contributed by atoms with Crippen LogP contribution >= 0.6 is 0 Å². The normalized spacial score (nSPS) is 21.8. The number of benzene rings is 1.